The second kappa shape index (κ2) is 4.37. The number of nitrogens with zero attached hydrogens (tertiary/aromatic N) is 2. The van der Waals surface area contributed by atoms with Crippen molar-refractivity contribution in [3.63, 3.8) is 0 Å². The largest absolute Gasteiger partial charge is 0.328 e. The van der Waals surface area contributed by atoms with Crippen LogP contribution in [0.4, 0.5) is 0 Å². The van der Waals surface area contributed by atoms with E-state index in [4.69, 9.17) is 5.73 Å². The number of nitrogens with one attached hydrogen (secondary N) is 1. The van der Waals surface area contributed by atoms with E-state index in [1.807, 2.05) is 6.92 Å². The topological polar surface area (TPSA) is 67.6 Å². The predicted octanol–water partition coefficient (Wildman–Crippen LogP) is 1.21. The second-order valence-corrected chi connectivity index (χ2v) is 3.63. The number of hydrogen-bond donors (Lipinski definition) is 2. The summed E-state index contributed by atoms with van der Waals surface area (Å²) in [4.78, 5) is 4.37. The van der Waals surface area contributed by atoms with Crippen LogP contribution >= 0.6 is 0 Å². The molecule has 0 fully saturated rings. The molecule has 1 unspecified atom stereocenters. The molecule has 0 amide bonds. The van der Waals surface area contributed by atoms with Crippen LogP contribution in [-0.4, -0.2) is 21.2 Å². The molecule has 0 aliphatic heterocycles. The van der Waals surface area contributed by atoms with Gasteiger partial charge in [-0.3, -0.25) is 5.10 Å². The van der Waals surface area contributed by atoms with Gasteiger partial charge >= 0.3 is 0 Å². The Kier molecular flexibility index (Phi) is 3.42. The fourth-order valence-corrected chi connectivity index (χ4v) is 1.11. The lowest BCUT2D eigenvalue weighted by Crippen LogP contribution is -2.18. The van der Waals surface area contributed by atoms with Crippen molar-refractivity contribution in [2.75, 3.05) is 0 Å². The molecule has 1 aromatic heterocycles. The van der Waals surface area contributed by atoms with E-state index in [-0.39, 0.29) is 6.04 Å². The van der Waals surface area contributed by atoms with Crippen LogP contribution in [0.2, 0.25) is 0 Å². The SMILES string of the molecule is CCC(C)c1n[nH]c(C[C@@H](C)N)n1. The first-order chi connectivity index (χ1) is 6.13. The van der Waals surface area contributed by atoms with Gasteiger partial charge < -0.3 is 5.73 Å². The van der Waals surface area contributed by atoms with Crippen molar-refractivity contribution in [3.05, 3.63) is 11.6 Å². The number of rotatable bonds is 4. The normalized spacial score (nSPS) is 15.7. The molecule has 1 rings (SSSR count). The molecule has 3 N–H and O–H groups in total. The Labute approximate surface area is 78.9 Å². The Morgan fingerprint density at radius 2 is 2.15 bits per heavy atom. The van der Waals surface area contributed by atoms with Crippen molar-refractivity contribution < 1.29 is 0 Å². The standard InChI is InChI=1S/C9H18N4/c1-4-6(2)9-11-8(12-13-9)5-7(3)10/h6-7H,4-5,10H2,1-3H3,(H,11,12,13)/t6?,7-/m1/s1. The Bertz CT molecular complexity index is 254. The van der Waals surface area contributed by atoms with E-state index in [2.05, 4.69) is 29.0 Å². The molecule has 0 saturated heterocycles. The number of hydrogen-bond acceptors (Lipinski definition) is 3. The zero-order chi connectivity index (χ0) is 9.84. The van der Waals surface area contributed by atoms with Crippen LogP contribution in [0.3, 0.4) is 0 Å². The van der Waals surface area contributed by atoms with Gasteiger partial charge in [-0.2, -0.15) is 5.10 Å². The smallest absolute Gasteiger partial charge is 0.153 e. The molecule has 0 saturated carbocycles. The van der Waals surface area contributed by atoms with Gasteiger partial charge in [-0.15, -0.1) is 0 Å². The van der Waals surface area contributed by atoms with Gasteiger partial charge in [-0.25, -0.2) is 4.98 Å². The molecule has 0 aliphatic carbocycles. The number of nitrogens with two attached hydrogens (primary N) is 1. The Morgan fingerprint density at radius 3 is 2.69 bits per heavy atom. The molecular formula is C9H18N4. The monoisotopic (exact) mass is 182 g/mol. The third kappa shape index (κ3) is 2.81. The van der Waals surface area contributed by atoms with Crippen molar-refractivity contribution in [1.29, 1.82) is 0 Å². The second-order valence-electron chi connectivity index (χ2n) is 3.63. The molecule has 4 heteroatoms. The maximum atomic E-state index is 5.65. The van der Waals surface area contributed by atoms with Crippen molar-refractivity contribution in [2.45, 2.75) is 45.6 Å². The van der Waals surface area contributed by atoms with E-state index < -0.39 is 0 Å². The van der Waals surface area contributed by atoms with E-state index in [1.54, 1.807) is 0 Å². The highest BCUT2D eigenvalue weighted by molar-refractivity contribution is 4.97. The van der Waals surface area contributed by atoms with E-state index >= 15 is 0 Å². The summed E-state index contributed by atoms with van der Waals surface area (Å²) in [7, 11) is 0. The van der Waals surface area contributed by atoms with Gasteiger partial charge in [0.2, 0.25) is 0 Å². The molecule has 2 atom stereocenters. The van der Waals surface area contributed by atoms with Gasteiger partial charge in [-0.05, 0) is 13.3 Å². The fourth-order valence-electron chi connectivity index (χ4n) is 1.11. The number of aromatic nitrogens is 3. The first-order valence-corrected chi connectivity index (χ1v) is 4.80. The highest BCUT2D eigenvalue weighted by atomic mass is 15.2. The lowest BCUT2D eigenvalue weighted by Gasteiger charge is -2.01. The Morgan fingerprint density at radius 1 is 1.46 bits per heavy atom. The quantitative estimate of drug-likeness (QED) is 0.735. The first-order valence-electron chi connectivity index (χ1n) is 4.80. The van der Waals surface area contributed by atoms with Crippen LogP contribution in [0.15, 0.2) is 0 Å². The summed E-state index contributed by atoms with van der Waals surface area (Å²) in [5, 5.41) is 7.06. The molecule has 0 spiro atoms. The van der Waals surface area contributed by atoms with Gasteiger partial charge in [0.15, 0.2) is 5.82 Å². The number of aromatic amines is 1. The predicted molar refractivity (Wildman–Crippen MR) is 52.4 cm³/mol. The zero-order valence-electron chi connectivity index (χ0n) is 8.54. The minimum atomic E-state index is 0.137. The molecule has 13 heavy (non-hydrogen) atoms. The Hall–Kier alpha value is -0.900. The summed E-state index contributed by atoms with van der Waals surface area (Å²) in [6, 6.07) is 0.137. The highest BCUT2D eigenvalue weighted by Gasteiger charge is 2.10. The van der Waals surface area contributed by atoms with Gasteiger partial charge in [0, 0.05) is 18.4 Å². The van der Waals surface area contributed by atoms with E-state index in [1.165, 1.54) is 0 Å². The summed E-state index contributed by atoms with van der Waals surface area (Å²) in [5.74, 6) is 2.22. The van der Waals surface area contributed by atoms with Gasteiger partial charge in [-0.1, -0.05) is 13.8 Å². The molecular weight excluding hydrogens is 164 g/mol. The van der Waals surface area contributed by atoms with Crippen LogP contribution in [-0.2, 0) is 6.42 Å². The minimum Gasteiger partial charge on any atom is -0.328 e. The maximum Gasteiger partial charge on any atom is 0.153 e. The van der Waals surface area contributed by atoms with Crippen LogP contribution in [0.5, 0.6) is 0 Å². The molecule has 1 heterocycles. The third-order valence-electron chi connectivity index (χ3n) is 2.12. The van der Waals surface area contributed by atoms with Crippen molar-refractivity contribution in [3.8, 4) is 0 Å². The Balaban J connectivity index is 2.63. The van der Waals surface area contributed by atoms with E-state index in [0.717, 1.165) is 24.5 Å². The van der Waals surface area contributed by atoms with Crippen molar-refractivity contribution in [1.82, 2.24) is 15.2 Å². The summed E-state index contributed by atoms with van der Waals surface area (Å²) in [6.07, 6.45) is 1.83. The first kappa shape index (κ1) is 10.2. The molecule has 1 aromatic rings. The van der Waals surface area contributed by atoms with Crippen LogP contribution in [0, 0.1) is 0 Å². The van der Waals surface area contributed by atoms with Gasteiger partial charge in [0.25, 0.3) is 0 Å². The minimum absolute atomic E-state index is 0.137. The van der Waals surface area contributed by atoms with Crippen LogP contribution in [0.25, 0.3) is 0 Å². The highest BCUT2D eigenvalue weighted by Crippen LogP contribution is 2.13. The molecule has 0 radical (unpaired) electrons. The van der Waals surface area contributed by atoms with E-state index in [9.17, 15) is 0 Å². The average molecular weight is 182 g/mol. The number of H-pyrrole nitrogens is 1. The average Bonchev–Trinajstić information content (AvgIpc) is 2.50. The zero-order valence-corrected chi connectivity index (χ0v) is 8.54. The fraction of sp³-hybridized carbons (Fsp3) is 0.778. The van der Waals surface area contributed by atoms with Gasteiger partial charge in [0.1, 0.15) is 5.82 Å². The van der Waals surface area contributed by atoms with Crippen molar-refractivity contribution >= 4 is 0 Å². The molecule has 0 bridgehead atoms. The molecule has 0 aromatic carbocycles. The summed E-state index contributed by atoms with van der Waals surface area (Å²) >= 11 is 0. The van der Waals surface area contributed by atoms with Crippen molar-refractivity contribution in [2.24, 2.45) is 5.73 Å². The van der Waals surface area contributed by atoms with Gasteiger partial charge in [0.05, 0.1) is 0 Å². The van der Waals surface area contributed by atoms with E-state index in [0.29, 0.717) is 5.92 Å². The molecule has 0 aliphatic rings. The summed E-state index contributed by atoms with van der Waals surface area (Å²) < 4.78 is 0. The molecule has 74 valence electrons. The maximum absolute atomic E-state index is 5.65. The third-order valence-corrected chi connectivity index (χ3v) is 2.12. The lowest BCUT2D eigenvalue weighted by atomic mass is 10.1. The lowest BCUT2D eigenvalue weighted by molar-refractivity contribution is 0.678. The van der Waals surface area contributed by atoms with Crippen LogP contribution < -0.4 is 5.73 Å². The summed E-state index contributed by atoms with van der Waals surface area (Å²) in [5.41, 5.74) is 5.65. The van der Waals surface area contributed by atoms with Crippen LogP contribution in [0.1, 0.15) is 44.8 Å². The summed E-state index contributed by atoms with van der Waals surface area (Å²) in [6.45, 7) is 6.22. The molecule has 4 nitrogen and oxygen atoms in total.